The van der Waals surface area contributed by atoms with Crippen LogP contribution in [0.15, 0.2) is 36.7 Å². The lowest BCUT2D eigenvalue weighted by molar-refractivity contribution is -0.0384. The van der Waals surface area contributed by atoms with Crippen LogP contribution in [-0.2, 0) is 18.2 Å². The predicted molar refractivity (Wildman–Crippen MR) is 147 cm³/mol. The molecule has 7 N–H and O–H groups in total. The molecule has 0 radical (unpaired) electrons. The summed E-state index contributed by atoms with van der Waals surface area (Å²) in [4.78, 5) is 15.3. The molecule has 3 aromatic heterocycles. The number of aromatic nitrogens is 8. The monoisotopic (exact) mass is 565 g/mol. The van der Waals surface area contributed by atoms with Gasteiger partial charge in [0.15, 0.2) is 29.3 Å². The van der Waals surface area contributed by atoms with Gasteiger partial charge in [-0.2, -0.15) is 14.8 Å². The SMILES string of the molecule is Cn1nnc([C@H]2O[C@@H](n3cnc4c(N[C@H](CO)Cc5ccccc5)nc(NC5CCC(N)CC5)nc43)[C@H](O)[C@@H]2O)n1. The molecule has 2 fully saturated rings. The first-order valence-electron chi connectivity index (χ1n) is 13.8. The lowest BCUT2D eigenvalue weighted by Gasteiger charge is -2.27. The lowest BCUT2D eigenvalue weighted by Crippen LogP contribution is -2.33. The van der Waals surface area contributed by atoms with E-state index in [1.54, 1.807) is 11.6 Å². The van der Waals surface area contributed by atoms with Crippen LogP contribution in [0, 0.1) is 0 Å². The molecule has 41 heavy (non-hydrogen) atoms. The van der Waals surface area contributed by atoms with Crippen LogP contribution in [0.3, 0.4) is 0 Å². The molecule has 0 unspecified atom stereocenters. The number of imidazole rings is 1. The Bertz CT molecular complexity index is 1460. The molecule has 6 rings (SSSR count). The minimum absolute atomic E-state index is 0.131. The third-order valence-electron chi connectivity index (χ3n) is 7.70. The fourth-order valence-corrected chi connectivity index (χ4v) is 5.48. The second-order valence-electron chi connectivity index (χ2n) is 10.8. The highest BCUT2D eigenvalue weighted by Crippen LogP contribution is 2.39. The predicted octanol–water partition coefficient (Wildman–Crippen LogP) is 0.0390. The van der Waals surface area contributed by atoms with Gasteiger partial charge in [-0.1, -0.05) is 30.3 Å². The molecule has 4 aromatic rings. The molecular weight excluding hydrogens is 530 g/mol. The number of aliphatic hydroxyl groups is 3. The highest BCUT2D eigenvalue weighted by atomic mass is 16.6. The Hall–Kier alpha value is -3.76. The summed E-state index contributed by atoms with van der Waals surface area (Å²) in [6, 6.07) is 9.87. The van der Waals surface area contributed by atoms with Gasteiger partial charge in [-0.15, -0.1) is 10.2 Å². The van der Waals surface area contributed by atoms with E-state index in [0.717, 1.165) is 31.2 Å². The summed E-state index contributed by atoms with van der Waals surface area (Å²) in [5, 5.41) is 50.6. The molecule has 218 valence electrons. The summed E-state index contributed by atoms with van der Waals surface area (Å²) in [5.41, 5.74) is 7.98. The normalized spacial score (nSPS) is 27.2. The highest BCUT2D eigenvalue weighted by molar-refractivity contribution is 5.84. The summed E-state index contributed by atoms with van der Waals surface area (Å²) >= 11 is 0. The van der Waals surface area contributed by atoms with Gasteiger partial charge >= 0.3 is 0 Å². The fourth-order valence-electron chi connectivity index (χ4n) is 5.48. The van der Waals surface area contributed by atoms with Crippen molar-refractivity contribution in [2.75, 3.05) is 17.2 Å². The smallest absolute Gasteiger partial charge is 0.227 e. The molecule has 4 heterocycles. The number of aryl methyl sites for hydroxylation is 1. The molecule has 15 heteroatoms. The topological polar surface area (TPSA) is 207 Å². The van der Waals surface area contributed by atoms with Crippen molar-refractivity contribution in [1.29, 1.82) is 0 Å². The second kappa shape index (κ2) is 11.6. The largest absolute Gasteiger partial charge is 0.394 e. The Balaban J connectivity index is 1.34. The minimum atomic E-state index is -1.31. The van der Waals surface area contributed by atoms with E-state index in [0.29, 0.717) is 29.4 Å². The van der Waals surface area contributed by atoms with Crippen molar-refractivity contribution in [3.63, 3.8) is 0 Å². The first-order chi connectivity index (χ1) is 19.9. The minimum Gasteiger partial charge on any atom is -0.394 e. The maximum absolute atomic E-state index is 11.0. The van der Waals surface area contributed by atoms with Crippen molar-refractivity contribution >= 4 is 22.9 Å². The summed E-state index contributed by atoms with van der Waals surface area (Å²) in [6.07, 6.45) is 1.03. The Morgan fingerprint density at radius 1 is 1.10 bits per heavy atom. The third-order valence-corrected chi connectivity index (χ3v) is 7.70. The number of ether oxygens (including phenoxy) is 1. The molecule has 1 saturated heterocycles. The van der Waals surface area contributed by atoms with Gasteiger partial charge in [0.25, 0.3) is 0 Å². The number of hydrogen-bond donors (Lipinski definition) is 6. The van der Waals surface area contributed by atoms with Crippen LogP contribution in [0.4, 0.5) is 11.8 Å². The van der Waals surface area contributed by atoms with E-state index in [2.05, 4.69) is 31.0 Å². The van der Waals surface area contributed by atoms with E-state index in [9.17, 15) is 15.3 Å². The van der Waals surface area contributed by atoms with Gasteiger partial charge in [-0.25, -0.2) is 4.98 Å². The molecule has 5 atom stereocenters. The van der Waals surface area contributed by atoms with Crippen molar-refractivity contribution in [2.45, 2.75) is 74.8 Å². The number of fused-ring (bicyclic) bond motifs is 1. The Morgan fingerprint density at radius 3 is 2.59 bits per heavy atom. The number of tetrazole rings is 1. The van der Waals surface area contributed by atoms with Gasteiger partial charge in [0.05, 0.1) is 26.0 Å². The molecular formula is C26H35N11O4. The van der Waals surface area contributed by atoms with Crippen molar-refractivity contribution in [2.24, 2.45) is 12.8 Å². The number of hydrogen-bond acceptors (Lipinski definition) is 13. The van der Waals surface area contributed by atoms with Gasteiger partial charge in [0.1, 0.15) is 12.2 Å². The number of rotatable bonds is 9. The van der Waals surface area contributed by atoms with Crippen LogP contribution in [-0.4, -0.2) is 92.0 Å². The van der Waals surface area contributed by atoms with Crippen LogP contribution < -0.4 is 16.4 Å². The van der Waals surface area contributed by atoms with Crippen LogP contribution in [0.1, 0.15) is 49.4 Å². The molecule has 15 nitrogen and oxygen atoms in total. The van der Waals surface area contributed by atoms with Crippen LogP contribution in [0.5, 0.6) is 0 Å². The molecule has 2 aliphatic rings. The van der Waals surface area contributed by atoms with Crippen LogP contribution in [0.25, 0.3) is 11.2 Å². The molecule has 1 aliphatic heterocycles. The Kier molecular flexibility index (Phi) is 7.77. The zero-order chi connectivity index (χ0) is 28.5. The number of nitrogens with two attached hydrogens (primary N) is 1. The van der Waals surface area contributed by atoms with Crippen LogP contribution in [0.2, 0.25) is 0 Å². The maximum Gasteiger partial charge on any atom is 0.227 e. The lowest BCUT2D eigenvalue weighted by atomic mass is 9.92. The number of nitrogens with one attached hydrogen (secondary N) is 2. The molecule has 1 saturated carbocycles. The third kappa shape index (κ3) is 5.71. The van der Waals surface area contributed by atoms with E-state index >= 15 is 0 Å². The molecule has 0 amide bonds. The Labute approximate surface area is 235 Å². The summed E-state index contributed by atoms with van der Waals surface area (Å²) in [7, 11) is 1.60. The average molecular weight is 566 g/mol. The zero-order valence-corrected chi connectivity index (χ0v) is 22.7. The van der Waals surface area contributed by atoms with Crippen molar-refractivity contribution in [3.05, 3.63) is 48.0 Å². The van der Waals surface area contributed by atoms with E-state index in [1.807, 2.05) is 30.3 Å². The first-order valence-corrected chi connectivity index (χ1v) is 13.8. The standard InChI is InChI=1S/C26H35N11O4/c1-36-34-23(33-35-36)21-19(39)20(40)25(41-21)37-13-28-18-22(29-17(12-38)11-14-5-3-2-4-6-14)31-26(32-24(18)37)30-16-9-7-15(27)8-10-16/h2-6,13,15-17,19-21,25,38-40H,7-12,27H2,1H3,(H2,29,30,31,32)/t15?,16?,17-,19-,20+,21-,25+/m0/s1. The van der Waals surface area contributed by atoms with E-state index in [-0.39, 0.29) is 30.6 Å². The van der Waals surface area contributed by atoms with Crippen molar-refractivity contribution < 1.29 is 20.1 Å². The number of benzene rings is 1. The molecule has 1 aromatic carbocycles. The second-order valence-corrected chi connectivity index (χ2v) is 10.8. The maximum atomic E-state index is 11.0. The first kappa shape index (κ1) is 27.4. The van der Waals surface area contributed by atoms with Gasteiger partial charge in [0.2, 0.25) is 11.8 Å². The molecule has 1 aliphatic carbocycles. The molecule has 0 bridgehead atoms. The van der Waals surface area contributed by atoms with Crippen LogP contribution >= 0.6 is 0 Å². The fraction of sp³-hybridized carbons (Fsp3) is 0.538. The van der Waals surface area contributed by atoms with Gasteiger partial charge in [-0.3, -0.25) is 4.57 Å². The van der Waals surface area contributed by atoms with Gasteiger partial charge < -0.3 is 36.4 Å². The van der Waals surface area contributed by atoms with E-state index in [4.69, 9.17) is 20.4 Å². The highest BCUT2D eigenvalue weighted by Gasteiger charge is 2.47. The van der Waals surface area contributed by atoms with E-state index < -0.39 is 24.5 Å². The van der Waals surface area contributed by atoms with E-state index in [1.165, 1.54) is 11.1 Å². The number of nitrogens with zero attached hydrogens (tertiary/aromatic N) is 8. The summed E-state index contributed by atoms with van der Waals surface area (Å²) < 4.78 is 7.62. The van der Waals surface area contributed by atoms with Gasteiger partial charge in [0, 0.05) is 12.1 Å². The average Bonchev–Trinajstić information content (AvgIpc) is 3.67. The van der Waals surface area contributed by atoms with Crippen molar-refractivity contribution in [3.8, 4) is 0 Å². The van der Waals surface area contributed by atoms with Crippen molar-refractivity contribution in [1.82, 2.24) is 39.7 Å². The Morgan fingerprint density at radius 2 is 1.88 bits per heavy atom. The number of anilines is 2. The van der Waals surface area contributed by atoms with Gasteiger partial charge in [-0.05, 0) is 42.9 Å². The molecule has 0 spiro atoms. The number of aliphatic hydroxyl groups excluding tert-OH is 3. The summed E-state index contributed by atoms with van der Waals surface area (Å²) in [6.45, 7) is -0.131. The quantitative estimate of drug-likeness (QED) is 0.159. The summed E-state index contributed by atoms with van der Waals surface area (Å²) in [5.74, 6) is 0.963. The zero-order valence-electron chi connectivity index (χ0n) is 22.7.